The van der Waals surface area contributed by atoms with E-state index in [-0.39, 0.29) is 0 Å². The van der Waals surface area contributed by atoms with E-state index in [1.54, 1.807) is 0 Å². The number of hydrogen-bond donors (Lipinski definition) is 0. The highest BCUT2D eigenvalue weighted by Gasteiger charge is 2.10. The Bertz CT molecular complexity index is 612. The van der Waals surface area contributed by atoms with Gasteiger partial charge in [0, 0.05) is 22.7 Å². The molecule has 0 spiro atoms. The van der Waals surface area contributed by atoms with Gasteiger partial charge in [-0.05, 0) is 38.0 Å². The van der Waals surface area contributed by atoms with Crippen molar-refractivity contribution < 1.29 is 0 Å². The van der Waals surface area contributed by atoms with Gasteiger partial charge in [-0.3, -0.25) is 4.99 Å². The van der Waals surface area contributed by atoms with Crippen molar-refractivity contribution in [2.75, 3.05) is 6.54 Å². The maximum Gasteiger partial charge on any atom is 0.0722 e. The van der Waals surface area contributed by atoms with Gasteiger partial charge in [0.15, 0.2) is 0 Å². The van der Waals surface area contributed by atoms with Crippen LogP contribution in [0.5, 0.6) is 0 Å². The first-order valence-electron chi connectivity index (χ1n) is 7.00. The first-order valence-corrected chi connectivity index (χ1v) is 7.37. The lowest BCUT2D eigenvalue weighted by Gasteiger charge is -2.11. The minimum absolute atomic E-state index is 0.752. The van der Waals surface area contributed by atoms with Crippen LogP contribution in [0.2, 0.25) is 5.02 Å². The molecule has 0 N–H and O–H groups in total. The van der Waals surface area contributed by atoms with Crippen LogP contribution < -0.4 is 0 Å². The van der Waals surface area contributed by atoms with Gasteiger partial charge in [-0.15, -0.1) is 0 Å². The molecule has 0 saturated carbocycles. The Morgan fingerprint density at radius 3 is 2.40 bits per heavy atom. The van der Waals surface area contributed by atoms with Crippen molar-refractivity contribution in [1.82, 2.24) is 0 Å². The molecule has 2 heteroatoms. The monoisotopic (exact) mass is 285 g/mol. The summed E-state index contributed by atoms with van der Waals surface area (Å²) in [4.78, 5) is 4.77. The molecule has 0 radical (unpaired) electrons. The number of aliphatic imine (C=N–C) groups is 1. The first kappa shape index (κ1) is 14.8. The molecule has 0 unspecified atom stereocenters. The maximum absolute atomic E-state index is 6.15. The van der Waals surface area contributed by atoms with Crippen molar-refractivity contribution in [3.8, 4) is 0 Å². The predicted molar refractivity (Wildman–Crippen MR) is 88.2 cm³/mol. The molecule has 2 aromatic rings. The lowest BCUT2D eigenvalue weighted by atomic mass is 9.97. The molecule has 0 aliphatic heterocycles. The van der Waals surface area contributed by atoms with Gasteiger partial charge >= 0.3 is 0 Å². The van der Waals surface area contributed by atoms with Crippen molar-refractivity contribution in [2.45, 2.75) is 27.2 Å². The molecule has 2 rings (SSSR count). The second-order valence-corrected chi connectivity index (χ2v) is 5.49. The summed E-state index contributed by atoms with van der Waals surface area (Å²) in [5.74, 6) is 0. The molecule has 0 atom stereocenters. The third kappa shape index (κ3) is 3.49. The van der Waals surface area contributed by atoms with Crippen molar-refractivity contribution >= 4 is 17.3 Å². The van der Waals surface area contributed by atoms with Gasteiger partial charge in [-0.25, -0.2) is 0 Å². The van der Waals surface area contributed by atoms with E-state index in [4.69, 9.17) is 16.6 Å². The fourth-order valence-corrected chi connectivity index (χ4v) is 2.29. The first-order chi connectivity index (χ1) is 9.61. The molecule has 104 valence electrons. The molecule has 1 nitrogen and oxygen atoms in total. The van der Waals surface area contributed by atoms with Gasteiger partial charge in [-0.1, -0.05) is 54.4 Å². The summed E-state index contributed by atoms with van der Waals surface area (Å²) in [6.45, 7) is 7.16. The van der Waals surface area contributed by atoms with Crippen LogP contribution in [0.15, 0.2) is 47.5 Å². The number of hydrogen-bond acceptors (Lipinski definition) is 1. The van der Waals surface area contributed by atoms with E-state index in [2.05, 4.69) is 45.0 Å². The van der Waals surface area contributed by atoms with E-state index in [0.29, 0.717) is 0 Å². The molecule has 2 aromatic carbocycles. The summed E-state index contributed by atoms with van der Waals surface area (Å²) in [7, 11) is 0. The summed E-state index contributed by atoms with van der Waals surface area (Å²) in [6, 6.07) is 14.5. The molecule has 0 aliphatic carbocycles. The molecule has 0 fully saturated rings. The zero-order valence-corrected chi connectivity index (χ0v) is 13.0. The summed E-state index contributed by atoms with van der Waals surface area (Å²) >= 11 is 6.15. The van der Waals surface area contributed by atoms with Gasteiger partial charge < -0.3 is 0 Å². The minimum Gasteiger partial charge on any atom is -0.284 e. The Hall–Kier alpha value is -1.60. The lowest BCUT2D eigenvalue weighted by molar-refractivity contribution is 0.932. The zero-order chi connectivity index (χ0) is 14.5. The van der Waals surface area contributed by atoms with Crippen LogP contribution in [0.3, 0.4) is 0 Å². The molecule has 20 heavy (non-hydrogen) atoms. The van der Waals surface area contributed by atoms with Crippen LogP contribution in [0, 0.1) is 13.8 Å². The number of halogens is 1. The van der Waals surface area contributed by atoms with Crippen LogP contribution in [-0.4, -0.2) is 12.3 Å². The lowest BCUT2D eigenvalue weighted by Crippen LogP contribution is -2.07. The fraction of sp³-hybridized carbons (Fsp3) is 0.278. The Kier molecular flexibility index (Phi) is 4.97. The average molecular weight is 286 g/mol. The third-order valence-electron chi connectivity index (χ3n) is 3.27. The predicted octanol–water partition coefficient (Wildman–Crippen LogP) is 5.20. The average Bonchev–Trinajstić information content (AvgIpc) is 2.44. The van der Waals surface area contributed by atoms with Gasteiger partial charge in [0.25, 0.3) is 0 Å². The Balaban J connectivity index is 2.53. The molecular weight excluding hydrogens is 266 g/mol. The Morgan fingerprint density at radius 2 is 1.75 bits per heavy atom. The molecule has 0 aromatic heterocycles. The molecule has 0 bridgehead atoms. The standard InChI is InChI=1S/C18H20ClN/c1-4-11-20-18(15-8-5-13(2)6-9-15)17-12-16(19)10-7-14(17)3/h5-10,12H,4,11H2,1-3H3. The van der Waals surface area contributed by atoms with Gasteiger partial charge in [0.2, 0.25) is 0 Å². The highest BCUT2D eigenvalue weighted by atomic mass is 35.5. The minimum atomic E-state index is 0.752. The summed E-state index contributed by atoms with van der Waals surface area (Å²) in [5.41, 5.74) is 5.76. The molecular formula is C18H20ClN. The van der Waals surface area contributed by atoms with Crippen molar-refractivity contribution in [3.63, 3.8) is 0 Å². The SMILES string of the molecule is CCCN=C(c1ccc(C)cc1)c1cc(Cl)ccc1C. The van der Waals surface area contributed by atoms with E-state index in [1.807, 2.05) is 18.2 Å². The number of benzene rings is 2. The third-order valence-corrected chi connectivity index (χ3v) is 3.51. The van der Waals surface area contributed by atoms with Crippen LogP contribution in [-0.2, 0) is 0 Å². The summed E-state index contributed by atoms with van der Waals surface area (Å²) < 4.78 is 0. The number of rotatable bonds is 4. The molecule has 0 heterocycles. The van der Waals surface area contributed by atoms with E-state index in [0.717, 1.165) is 34.8 Å². The van der Waals surface area contributed by atoms with E-state index in [9.17, 15) is 0 Å². The van der Waals surface area contributed by atoms with Crippen molar-refractivity contribution in [1.29, 1.82) is 0 Å². The molecule has 0 amide bonds. The van der Waals surface area contributed by atoms with Gasteiger partial charge in [0.1, 0.15) is 0 Å². The van der Waals surface area contributed by atoms with Crippen LogP contribution >= 0.6 is 11.6 Å². The van der Waals surface area contributed by atoms with Crippen molar-refractivity contribution in [2.24, 2.45) is 4.99 Å². The highest BCUT2D eigenvalue weighted by molar-refractivity contribution is 6.31. The van der Waals surface area contributed by atoms with Crippen LogP contribution in [0.4, 0.5) is 0 Å². The van der Waals surface area contributed by atoms with Crippen LogP contribution in [0.1, 0.15) is 35.6 Å². The topological polar surface area (TPSA) is 12.4 Å². The second kappa shape index (κ2) is 6.71. The summed E-state index contributed by atoms with van der Waals surface area (Å²) in [5, 5.41) is 0.752. The Morgan fingerprint density at radius 1 is 1.05 bits per heavy atom. The van der Waals surface area contributed by atoms with Crippen molar-refractivity contribution in [3.05, 3.63) is 69.7 Å². The fourth-order valence-electron chi connectivity index (χ4n) is 2.12. The smallest absolute Gasteiger partial charge is 0.0722 e. The molecule has 0 aliphatic rings. The second-order valence-electron chi connectivity index (χ2n) is 5.06. The van der Waals surface area contributed by atoms with E-state index in [1.165, 1.54) is 11.1 Å². The van der Waals surface area contributed by atoms with E-state index >= 15 is 0 Å². The Labute approximate surface area is 126 Å². The van der Waals surface area contributed by atoms with Gasteiger partial charge in [-0.2, -0.15) is 0 Å². The molecule has 0 saturated heterocycles. The largest absolute Gasteiger partial charge is 0.284 e. The maximum atomic E-state index is 6.15. The van der Waals surface area contributed by atoms with Gasteiger partial charge in [0.05, 0.1) is 5.71 Å². The quantitative estimate of drug-likeness (QED) is 0.684. The van der Waals surface area contributed by atoms with E-state index < -0.39 is 0 Å². The number of aryl methyl sites for hydroxylation is 2. The highest BCUT2D eigenvalue weighted by Crippen LogP contribution is 2.20. The normalized spacial score (nSPS) is 11.7. The number of nitrogens with zero attached hydrogens (tertiary/aromatic N) is 1. The van der Waals surface area contributed by atoms with Crippen LogP contribution in [0.25, 0.3) is 0 Å². The zero-order valence-electron chi connectivity index (χ0n) is 12.3. The summed E-state index contributed by atoms with van der Waals surface area (Å²) in [6.07, 6.45) is 1.04.